The van der Waals surface area contributed by atoms with Crippen LogP contribution in [-0.2, 0) is 10.3 Å². The van der Waals surface area contributed by atoms with E-state index in [1.807, 2.05) is 16.8 Å². The molecule has 1 saturated heterocycles. The van der Waals surface area contributed by atoms with Gasteiger partial charge in [0, 0.05) is 10.9 Å². The van der Waals surface area contributed by atoms with E-state index in [1.54, 1.807) is 42.5 Å². The van der Waals surface area contributed by atoms with Gasteiger partial charge in [0.2, 0.25) is 5.82 Å². The van der Waals surface area contributed by atoms with Gasteiger partial charge in [-0.15, -0.1) is 0 Å². The summed E-state index contributed by atoms with van der Waals surface area (Å²) >= 11 is 1.56. The summed E-state index contributed by atoms with van der Waals surface area (Å²) in [6, 6.07) is 8.53. The molecule has 0 saturated carbocycles. The van der Waals surface area contributed by atoms with Crippen molar-refractivity contribution in [2.45, 2.75) is 12.5 Å². The van der Waals surface area contributed by atoms with Gasteiger partial charge in [0.1, 0.15) is 5.54 Å². The molecule has 3 aromatic rings. The lowest BCUT2D eigenvalue weighted by atomic mass is 9.91. The molecule has 3 heterocycles. The van der Waals surface area contributed by atoms with Crippen LogP contribution in [0.15, 0.2) is 45.6 Å². The Kier molecular flexibility index (Phi) is 3.20. The van der Waals surface area contributed by atoms with Gasteiger partial charge in [0.25, 0.3) is 11.8 Å². The van der Waals surface area contributed by atoms with Gasteiger partial charge < -0.3 is 9.84 Å². The minimum absolute atomic E-state index is 0.375. The van der Waals surface area contributed by atoms with E-state index in [-0.39, 0.29) is 5.91 Å². The molecule has 120 valence electrons. The summed E-state index contributed by atoms with van der Waals surface area (Å²) in [5, 5.41) is 12.7. The molecule has 1 aliphatic heterocycles. The number of thiophene rings is 1. The number of nitrogens with zero attached hydrogens (tertiary/aromatic N) is 2. The Morgan fingerprint density at radius 2 is 1.92 bits per heavy atom. The average molecular weight is 340 g/mol. The molecule has 0 spiro atoms. The fraction of sp³-hybridized carbons (Fsp3) is 0.125. The summed E-state index contributed by atoms with van der Waals surface area (Å²) in [6.07, 6.45) is 0. The predicted octanol–water partition coefficient (Wildman–Crippen LogP) is 2.52. The van der Waals surface area contributed by atoms with Crippen LogP contribution in [0.4, 0.5) is 4.79 Å². The maximum Gasteiger partial charge on any atom is 0.322 e. The standard InChI is InChI=1S/C16H12N4O3S/c1-16(14(21)18-15(22)19-16)11-4-2-9(3-5-11)12-17-13(23-20-12)10-6-7-24-8-10/h2-8H,1H3,(H2,18,19,21,22). The lowest BCUT2D eigenvalue weighted by Crippen LogP contribution is -2.40. The second kappa shape index (κ2) is 5.27. The number of imide groups is 1. The molecule has 24 heavy (non-hydrogen) atoms. The first-order valence-electron chi connectivity index (χ1n) is 7.17. The highest BCUT2D eigenvalue weighted by atomic mass is 32.1. The van der Waals surface area contributed by atoms with Gasteiger partial charge in [0.05, 0.1) is 5.56 Å². The molecule has 1 aromatic carbocycles. The van der Waals surface area contributed by atoms with Gasteiger partial charge >= 0.3 is 6.03 Å². The molecule has 3 amide bonds. The molecule has 8 heteroatoms. The molecular weight excluding hydrogens is 328 g/mol. The summed E-state index contributed by atoms with van der Waals surface area (Å²) in [5.74, 6) is 0.553. The van der Waals surface area contributed by atoms with Crippen LogP contribution in [0.1, 0.15) is 12.5 Å². The molecule has 0 bridgehead atoms. The molecule has 1 atom stereocenters. The topological polar surface area (TPSA) is 97.1 Å². The molecule has 0 aliphatic carbocycles. The fourth-order valence-electron chi connectivity index (χ4n) is 2.54. The van der Waals surface area contributed by atoms with E-state index in [0.717, 1.165) is 11.1 Å². The van der Waals surface area contributed by atoms with E-state index < -0.39 is 11.6 Å². The fourth-order valence-corrected chi connectivity index (χ4v) is 3.17. The van der Waals surface area contributed by atoms with Gasteiger partial charge in [-0.2, -0.15) is 16.3 Å². The summed E-state index contributed by atoms with van der Waals surface area (Å²) in [7, 11) is 0. The molecule has 7 nitrogen and oxygen atoms in total. The van der Waals surface area contributed by atoms with Crippen molar-refractivity contribution in [1.82, 2.24) is 20.8 Å². The second-order valence-corrected chi connectivity index (χ2v) is 6.33. The number of rotatable bonds is 3. The zero-order valence-corrected chi connectivity index (χ0v) is 13.4. The number of benzene rings is 1. The molecule has 2 aromatic heterocycles. The monoisotopic (exact) mass is 340 g/mol. The first-order valence-corrected chi connectivity index (χ1v) is 8.11. The van der Waals surface area contributed by atoms with Gasteiger partial charge in [-0.25, -0.2) is 4.79 Å². The van der Waals surface area contributed by atoms with E-state index in [0.29, 0.717) is 17.3 Å². The maximum absolute atomic E-state index is 12.0. The van der Waals surface area contributed by atoms with Crippen LogP contribution < -0.4 is 10.6 Å². The molecule has 1 fully saturated rings. The third-order valence-electron chi connectivity index (χ3n) is 3.96. The van der Waals surface area contributed by atoms with Crippen molar-refractivity contribution >= 4 is 23.3 Å². The molecule has 1 aliphatic rings. The first-order chi connectivity index (χ1) is 11.6. The number of nitrogens with one attached hydrogen (secondary N) is 2. The Bertz CT molecular complexity index is 917. The Morgan fingerprint density at radius 3 is 2.54 bits per heavy atom. The van der Waals surface area contributed by atoms with Crippen molar-refractivity contribution in [3.63, 3.8) is 0 Å². The van der Waals surface area contributed by atoms with E-state index in [9.17, 15) is 9.59 Å². The zero-order valence-electron chi connectivity index (χ0n) is 12.6. The first kappa shape index (κ1) is 14.6. The smallest absolute Gasteiger partial charge is 0.322 e. The highest BCUT2D eigenvalue weighted by molar-refractivity contribution is 7.08. The number of aromatic nitrogens is 2. The maximum atomic E-state index is 12.0. The van der Waals surface area contributed by atoms with Gasteiger partial charge in [-0.05, 0) is 23.9 Å². The summed E-state index contributed by atoms with van der Waals surface area (Å²) in [4.78, 5) is 27.7. The summed E-state index contributed by atoms with van der Waals surface area (Å²) in [6.45, 7) is 1.66. The number of hydrogen-bond donors (Lipinski definition) is 2. The lowest BCUT2D eigenvalue weighted by Gasteiger charge is -2.20. The minimum atomic E-state index is -1.07. The average Bonchev–Trinajstić information content (AvgIpc) is 3.29. The van der Waals surface area contributed by atoms with Crippen molar-refractivity contribution in [2.24, 2.45) is 0 Å². The minimum Gasteiger partial charge on any atom is -0.334 e. The lowest BCUT2D eigenvalue weighted by molar-refractivity contribution is -0.123. The van der Waals surface area contributed by atoms with Crippen LogP contribution in [-0.4, -0.2) is 22.1 Å². The number of urea groups is 1. The van der Waals surface area contributed by atoms with Crippen molar-refractivity contribution in [3.05, 3.63) is 46.7 Å². The van der Waals surface area contributed by atoms with E-state index in [4.69, 9.17) is 4.52 Å². The molecule has 2 N–H and O–H groups in total. The molecular formula is C16H12N4O3S. The highest BCUT2D eigenvalue weighted by Gasteiger charge is 2.43. The van der Waals surface area contributed by atoms with Crippen LogP contribution in [0.2, 0.25) is 0 Å². The van der Waals surface area contributed by atoms with Crippen molar-refractivity contribution < 1.29 is 14.1 Å². The van der Waals surface area contributed by atoms with Crippen LogP contribution in [0.5, 0.6) is 0 Å². The number of carbonyl (C=O) groups is 2. The van der Waals surface area contributed by atoms with Crippen molar-refractivity contribution in [3.8, 4) is 22.8 Å². The highest BCUT2D eigenvalue weighted by Crippen LogP contribution is 2.28. The predicted molar refractivity (Wildman–Crippen MR) is 87.1 cm³/mol. The second-order valence-electron chi connectivity index (χ2n) is 5.55. The summed E-state index contributed by atoms with van der Waals surface area (Å²) in [5.41, 5.74) is 1.25. The Hall–Kier alpha value is -3.00. The Balaban J connectivity index is 1.63. The van der Waals surface area contributed by atoms with Crippen molar-refractivity contribution in [1.29, 1.82) is 0 Å². The van der Waals surface area contributed by atoms with Gasteiger partial charge in [0.15, 0.2) is 0 Å². The van der Waals surface area contributed by atoms with E-state index in [2.05, 4.69) is 20.8 Å². The molecule has 0 radical (unpaired) electrons. The van der Waals surface area contributed by atoms with Gasteiger partial charge in [-0.1, -0.05) is 29.4 Å². The quantitative estimate of drug-likeness (QED) is 0.714. The normalized spacial score (nSPS) is 20.0. The summed E-state index contributed by atoms with van der Waals surface area (Å²) < 4.78 is 5.27. The van der Waals surface area contributed by atoms with E-state index >= 15 is 0 Å². The molecule has 1 unspecified atom stereocenters. The van der Waals surface area contributed by atoms with Crippen molar-refractivity contribution in [2.75, 3.05) is 0 Å². The van der Waals surface area contributed by atoms with Gasteiger partial charge in [-0.3, -0.25) is 10.1 Å². The van der Waals surface area contributed by atoms with E-state index in [1.165, 1.54) is 0 Å². The Labute approximate surface area is 140 Å². The number of amides is 3. The number of hydrogen-bond acceptors (Lipinski definition) is 6. The van der Waals surface area contributed by atoms with Crippen LogP contribution >= 0.6 is 11.3 Å². The largest absolute Gasteiger partial charge is 0.334 e. The third-order valence-corrected chi connectivity index (χ3v) is 4.64. The van der Waals surface area contributed by atoms with Crippen LogP contribution in [0.3, 0.4) is 0 Å². The SMILES string of the molecule is CC1(c2ccc(-c3noc(-c4ccsc4)n3)cc2)NC(=O)NC1=O. The van der Waals surface area contributed by atoms with Crippen LogP contribution in [0.25, 0.3) is 22.8 Å². The third kappa shape index (κ3) is 2.28. The van der Waals surface area contributed by atoms with Crippen LogP contribution in [0, 0.1) is 0 Å². The number of carbonyl (C=O) groups excluding carboxylic acids is 2. The molecule has 4 rings (SSSR count). The Morgan fingerprint density at radius 1 is 1.12 bits per heavy atom. The zero-order chi connectivity index (χ0) is 16.7.